The maximum absolute atomic E-state index is 2.46. The van der Waals surface area contributed by atoms with E-state index in [4.69, 9.17) is 0 Å². The summed E-state index contributed by atoms with van der Waals surface area (Å²) in [7, 11) is 0. The summed E-state index contributed by atoms with van der Waals surface area (Å²) in [6, 6.07) is 36.3. The van der Waals surface area contributed by atoms with Crippen LogP contribution in [0.1, 0.15) is 57.1 Å². The van der Waals surface area contributed by atoms with Gasteiger partial charge in [-0.2, -0.15) is 0 Å². The third-order valence-electron chi connectivity index (χ3n) is 7.35. The number of aryl methyl sites for hydroxylation is 1. The summed E-state index contributed by atoms with van der Waals surface area (Å²) in [5.41, 5.74) is 8.14. The van der Waals surface area contributed by atoms with Crippen LogP contribution in [0.3, 0.4) is 0 Å². The minimum absolute atomic E-state index is 0.587. The Hall–Kier alpha value is -3.38. The van der Waals surface area contributed by atoms with E-state index >= 15 is 0 Å². The van der Waals surface area contributed by atoms with Gasteiger partial charge in [0.25, 0.3) is 0 Å². The molecule has 0 nitrogen and oxygen atoms in total. The monoisotopic (exact) mass is 442 g/mol. The van der Waals surface area contributed by atoms with E-state index in [-0.39, 0.29) is 0 Å². The van der Waals surface area contributed by atoms with E-state index in [2.05, 4.69) is 118 Å². The molecule has 0 saturated heterocycles. The SMILES string of the molecule is CCCCc1ccc2c(-c3ccc(C(C)CC)cc3)c3ccccc3c(-c3ccccc3)c2c1. The van der Waals surface area contributed by atoms with Gasteiger partial charge in [0, 0.05) is 0 Å². The van der Waals surface area contributed by atoms with Crippen molar-refractivity contribution in [1.82, 2.24) is 0 Å². The van der Waals surface area contributed by atoms with E-state index in [9.17, 15) is 0 Å². The summed E-state index contributed by atoms with van der Waals surface area (Å²) < 4.78 is 0. The zero-order chi connectivity index (χ0) is 23.5. The van der Waals surface area contributed by atoms with Crippen LogP contribution in [0, 0.1) is 0 Å². The van der Waals surface area contributed by atoms with Gasteiger partial charge >= 0.3 is 0 Å². The minimum Gasteiger partial charge on any atom is -0.0654 e. The molecular formula is C34H34. The predicted molar refractivity (Wildman–Crippen MR) is 150 cm³/mol. The second-order valence-electron chi connectivity index (χ2n) is 9.58. The fourth-order valence-corrected chi connectivity index (χ4v) is 5.20. The maximum atomic E-state index is 2.46. The van der Waals surface area contributed by atoms with Gasteiger partial charge in [0.05, 0.1) is 0 Å². The first-order valence-electron chi connectivity index (χ1n) is 12.8. The lowest BCUT2D eigenvalue weighted by Crippen LogP contribution is -1.94. The molecular weight excluding hydrogens is 408 g/mol. The van der Waals surface area contributed by atoms with Crippen LogP contribution in [0.5, 0.6) is 0 Å². The summed E-state index contributed by atoms with van der Waals surface area (Å²) in [4.78, 5) is 0. The Morgan fingerprint density at radius 3 is 1.82 bits per heavy atom. The van der Waals surface area contributed by atoms with Crippen LogP contribution in [0.15, 0.2) is 97.1 Å². The van der Waals surface area contributed by atoms with Crippen molar-refractivity contribution < 1.29 is 0 Å². The Balaban J connectivity index is 1.84. The second-order valence-corrected chi connectivity index (χ2v) is 9.58. The Morgan fingerprint density at radius 2 is 1.18 bits per heavy atom. The Labute approximate surface area is 204 Å². The van der Waals surface area contributed by atoms with Crippen molar-refractivity contribution in [2.24, 2.45) is 0 Å². The van der Waals surface area contributed by atoms with E-state index in [1.165, 1.54) is 67.8 Å². The van der Waals surface area contributed by atoms with E-state index in [0.29, 0.717) is 5.92 Å². The summed E-state index contributed by atoms with van der Waals surface area (Å²) in [6.45, 7) is 6.84. The zero-order valence-corrected chi connectivity index (χ0v) is 20.6. The molecule has 0 fully saturated rings. The molecule has 1 unspecified atom stereocenters. The van der Waals surface area contributed by atoms with Gasteiger partial charge in [-0.3, -0.25) is 0 Å². The largest absolute Gasteiger partial charge is 0.0654 e. The molecule has 5 aromatic carbocycles. The molecule has 0 N–H and O–H groups in total. The number of hydrogen-bond donors (Lipinski definition) is 0. The third-order valence-corrected chi connectivity index (χ3v) is 7.35. The Kier molecular flexibility index (Phi) is 6.50. The molecule has 5 rings (SSSR count). The number of benzene rings is 5. The summed E-state index contributed by atoms with van der Waals surface area (Å²) in [5.74, 6) is 0.587. The smallest absolute Gasteiger partial charge is 0.00263 e. The Morgan fingerprint density at radius 1 is 0.588 bits per heavy atom. The van der Waals surface area contributed by atoms with Crippen molar-refractivity contribution in [3.8, 4) is 22.3 Å². The van der Waals surface area contributed by atoms with Crippen LogP contribution in [-0.2, 0) is 6.42 Å². The number of unbranched alkanes of at least 4 members (excludes halogenated alkanes) is 1. The topological polar surface area (TPSA) is 0 Å². The fourth-order valence-electron chi connectivity index (χ4n) is 5.20. The van der Waals surface area contributed by atoms with E-state index in [0.717, 1.165) is 12.8 Å². The summed E-state index contributed by atoms with van der Waals surface area (Å²) in [6.07, 6.45) is 4.74. The zero-order valence-electron chi connectivity index (χ0n) is 20.6. The van der Waals surface area contributed by atoms with E-state index in [1.807, 2.05) is 0 Å². The molecule has 0 aliphatic rings. The molecule has 0 heterocycles. The van der Waals surface area contributed by atoms with E-state index in [1.54, 1.807) is 0 Å². The van der Waals surface area contributed by atoms with Gasteiger partial charge in [-0.1, -0.05) is 124 Å². The average Bonchev–Trinajstić information content (AvgIpc) is 2.90. The first kappa shape index (κ1) is 22.4. The lowest BCUT2D eigenvalue weighted by atomic mass is 9.84. The van der Waals surface area contributed by atoms with Crippen molar-refractivity contribution in [3.63, 3.8) is 0 Å². The second kappa shape index (κ2) is 9.85. The van der Waals surface area contributed by atoms with Gasteiger partial charge in [-0.05, 0) is 80.1 Å². The lowest BCUT2D eigenvalue weighted by molar-refractivity contribution is 0.734. The van der Waals surface area contributed by atoms with Crippen molar-refractivity contribution >= 4 is 21.5 Å². The molecule has 0 radical (unpaired) electrons. The molecule has 34 heavy (non-hydrogen) atoms. The Bertz CT molecular complexity index is 1410. The van der Waals surface area contributed by atoms with Crippen LogP contribution >= 0.6 is 0 Å². The molecule has 0 aliphatic heterocycles. The minimum atomic E-state index is 0.587. The van der Waals surface area contributed by atoms with Crippen LogP contribution in [0.25, 0.3) is 43.8 Å². The molecule has 0 saturated carbocycles. The fraction of sp³-hybridized carbons (Fsp3) is 0.235. The first-order chi connectivity index (χ1) is 16.7. The van der Waals surface area contributed by atoms with Crippen molar-refractivity contribution in [3.05, 3.63) is 108 Å². The lowest BCUT2D eigenvalue weighted by Gasteiger charge is -2.19. The van der Waals surface area contributed by atoms with Crippen molar-refractivity contribution in [2.45, 2.75) is 52.4 Å². The quantitative estimate of drug-likeness (QED) is 0.220. The van der Waals surface area contributed by atoms with Gasteiger partial charge < -0.3 is 0 Å². The van der Waals surface area contributed by atoms with Gasteiger partial charge in [-0.15, -0.1) is 0 Å². The van der Waals surface area contributed by atoms with Gasteiger partial charge in [0.1, 0.15) is 0 Å². The average molecular weight is 443 g/mol. The van der Waals surface area contributed by atoms with Gasteiger partial charge in [0.2, 0.25) is 0 Å². The molecule has 0 bridgehead atoms. The molecule has 0 heteroatoms. The molecule has 5 aromatic rings. The molecule has 0 aromatic heterocycles. The number of hydrogen-bond acceptors (Lipinski definition) is 0. The van der Waals surface area contributed by atoms with Crippen LogP contribution < -0.4 is 0 Å². The van der Waals surface area contributed by atoms with Crippen LogP contribution in [-0.4, -0.2) is 0 Å². The molecule has 170 valence electrons. The molecule has 1 atom stereocenters. The highest BCUT2D eigenvalue weighted by molar-refractivity contribution is 6.21. The highest BCUT2D eigenvalue weighted by Crippen LogP contribution is 2.44. The summed E-state index contributed by atoms with van der Waals surface area (Å²) >= 11 is 0. The van der Waals surface area contributed by atoms with E-state index < -0.39 is 0 Å². The normalized spacial score (nSPS) is 12.3. The molecule has 0 aliphatic carbocycles. The first-order valence-corrected chi connectivity index (χ1v) is 12.8. The van der Waals surface area contributed by atoms with Gasteiger partial charge in [0.15, 0.2) is 0 Å². The molecule has 0 spiro atoms. The van der Waals surface area contributed by atoms with Crippen molar-refractivity contribution in [1.29, 1.82) is 0 Å². The number of fused-ring (bicyclic) bond motifs is 2. The maximum Gasteiger partial charge on any atom is -0.00263 e. The highest BCUT2D eigenvalue weighted by Gasteiger charge is 2.17. The third kappa shape index (κ3) is 4.14. The number of rotatable bonds is 7. The van der Waals surface area contributed by atoms with Crippen molar-refractivity contribution in [2.75, 3.05) is 0 Å². The molecule has 0 amide bonds. The predicted octanol–water partition coefficient (Wildman–Crippen LogP) is 10.2. The van der Waals surface area contributed by atoms with Crippen LogP contribution in [0.2, 0.25) is 0 Å². The van der Waals surface area contributed by atoms with Crippen LogP contribution in [0.4, 0.5) is 0 Å². The summed E-state index contributed by atoms with van der Waals surface area (Å²) in [5, 5.41) is 5.36. The van der Waals surface area contributed by atoms with Gasteiger partial charge in [-0.25, -0.2) is 0 Å². The standard InChI is InChI=1S/C34H34/c1-4-6-12-25-17-22-31-32(23-25)34(27-13-8-7-9-14-27)30-16-11-10-15-29(30)33(31)28-20-18-26(19-21-28)24(3)5-2/h7-11,13-24H,4-6,12H2,1-3H3. The highest BCUT2D eigenvalue weighted by atomic mass is 14.2.